The number of rotatable bonds is 5. The molecule has 2 aromatic rings. The topological polar surface area (TPSA) is 83.4 Å². The van der Waals surface area contributed by atoms with Gasteiger partial charge in [-0.05, 0) is 34.6 Å². The van der Waals surface area contributed by atoms with Gasteiger partial charge in [0.15, 0.2) is 5.69 Å². The first-order valence-corrected chi connectivity index (χ1v) is 7.29. The van der Waals surface area contributed by atoms with Gasteiger partial charge in [-0.2, -0.15) is 0 Å². The normalized spacial score (nSPS) is 10.8. The number of hydrogen-bond donors (Lipinski definition) is 1. The molecule has 0 radical (unpaired) electrons. The lowest BCUT2D eigenvalue weighted by Gasteiger charge is -2.14. The monoisotopic (exact) mass is 309 g/mol. The molecule has 0 fully saturated rings. The highest BCUT2D eigenvalue weighted by Gasteiger charge is 2.15. The molecule has 1 N–H and O–H groups in total. The van der Waals surface area contributed by atoms with E-state index in [0.717, 1.165) is 28.0 Å². The number of aromatic nitrogens is 2. The Morgan fingerprint density at radius 1 is 1.45 bits per heavy atom. The third-order valence-electron chi connectivity index (χ3n) is 2.41. The first kappa shape index (κ1) is 14.4. The minimum Gasteiger partial charge on any atom is -0.478 e. The molecular formula is C12H11N3O3S2. The van der Waals surface area contributed by atoms with Gasteiger partial charge in [0.25, 0.3) is 5.91 Å². The Balaban J connectivity index is 2.00. The fourth-order valence-corrected chi connectivity index (χ4v) is 2.83. The summed E-state index contributed by atoms with van der Waals surface area (Å²) in [5.74, 6) is -1.17. The van der Waals surface area contributed by atoms with Gasteiger partial charge in [0, 0.05) is 23.4 Å². The molecule has 0 aliphatic rings. The summed E-state index contributed by atoms with van der Waals surface area (Å²) >= 11 is 2.61. The number of thiophene rings is 1. The van der Waals surface area contributed by atoms with Gasteiger partial charge in [-0.25, -0.2) is 4.79 Å². The van der Waals surface area contributed by atoms with E-state index in [1.165, 1.54) is 17.4 Å². The summed E-state index contributed by atoms with van der Waals surface area (Å²) in [6.45, 7) is 0.446. The Morgan fingerprint density at radius 3 is 2.90 bits per heavy atom. The van der Waals surface area contributed by atoms with Gasteiger partial charge in [-0.3, -0.25) is 4.79 Å². The Hall–Kier alpha value is -2.06. The van der Waals surface area contributed by atoms with Gasteiger partial charge in [0.05, 0.1) is 6.54 Å². The highest BCUT2D eigenvalue weighted by atomic mass is 32.1. The van der Waals surface area contributed by atoms with Crippen molar-refractivity contribution in [3.63, 3.8) is 0 Å². The molecule has 6 nitrogen and oxygen atoms in total. The summed E-state index contributed by atoms with van der Waals surface area (Å²) < 4.78 is 3.66. The lowest BCUT2D eigenvalue weighted by Crippen LogP contribution is -2.26. The third kappa shape index (κ3) is 3.72. The van der Waals surface area contributed by atoms with Crippen molar-refractivity contribution < 1.29 is 14.7 Å². The summed E-state index contributed by atoms with van der Waals surface area (Å²) in [7, 11) is 1.69. The van der Waals surface area contributed by atoms with Crippen LogP contribution in [0.5, 0.6) is 0 Å². The summed E-state index contributed by atoms with van der Waals surface area (Å²) in [5.41, 5.74) is 1.14. The molecule has 0 unspecified atom stereocenters. The van der Waals surface area contributed by atoms with Crippen molar-refractivity contribution in [3.05, 3.63) is 39.0 Å². The molecular weight excluding hydrogens is 298 g/mol. The fourth-order valence-electron chi connectivity index (χ4n) is 1.49. The molecule has 0 saturated heterocycles. The minimum absolute atomic E-state index is 0.185. The SMILES string of the molecule is CN(Cc1cc(C=CC(=O)O)cs1)C(=O)c1csnn1. The zero-order chi connectivity index (χ0) is 14.5. The summed E-state index contributed by atoms with van der Waals surface area (Å²) in [5, 5.41) is 15.7. The second kappa shape index (κ2) is 6.40. The molecule has 0 aliphatic heterocycles. The molecule has 2 rings (SSSR count). The van der Waals surface area contributed by atoms with E-state index in [4.69, 9.17) is 5.11 Å². The van der Waals surface area contributed by atoms with Crippen molar-refractivity contribution in [2.75, 3.05) is 7.05 Å². The van der Waals surface area contributed by atoms with Crippen LogP contribution in [-0.2, 0) is 11.3 Å². The maximum atomic E-state index is 12.0. The molecule has 1 amide bonds. The maximum Gasteiger partial charge on any atom is 0.328 e. The van der Waals surface area contributed by atoms with Crippen molar-refractivity contribution in [1.82, 2.24) is 14.5 Å². The van der Waals surface area contributed by atoms with Crippen LogP contribution in [-0.4, -0.2) is 38.5 Å². The fraction of sp³-hybridized carbons (Fsp3) is 0.167. The lowest BCUT2D eigenvalue weighted by molar-refractivity contribution is -0.131. The predicted octanol–water partition coefficient (Wildman–Crippen LogP) is 1.97. The van der Waals surface area contributed by atoms with E-state index in [0.29, 0.717) is 12.2 Å². The number of hydrogen-bond acceptors (Lipinski definition) is 6. The van der Waals surface area contributed by atoms with E-state index < -0.39 is 5.97 Å². The second-order valence-electron chi connectivity index (χ2n) is 3.97. The van der Waals surface area contributed by atoms with Crippen LogP contribution in [0.1, 0.15) is 20.9 Å². The molecule has 2 aromatic heterocycles. The van der Waals surface area contributed by atoms with Gasteiger partial charge in [0.1, 0.15) is 0 Å². The maximum absolute atomic E-state index is 12.0. The van der Waals surface area contributed by atoms with Crippen LogP contribution in [0.2, 0.25) is 0 Å². The largest absolute Gasteiger partial charge is 0.478 e. The minimum atomic E-state index is -0.985. The number of amides is 1. The van der Waals surface area contributed by atoms with Crippen molar-refractivity contribution in [1.29, 1.82) is 0 Å². The van der Waals surface area contributed by atoms with Crippen LogP contribution < -0.4 is 0 Å². The van der Waals surface area contributed by atoms with E-state index in [9.17, 15) is 9.59 Å². The van der Waals surface area contributed by atoms with Gasteiger partial charge < -0.3 is 10.0 Å². The molecule has 0 spiro atoms. The lowest BCUT2D eigenvalue weighted by atomic mass is 10.2. The third-order valence-corrected chi connectivity index (χ3v) is 3.86. The van der Waals surface area contributed by atoms with Gasteiger partial charge in [-0.15, -0.1) is 16.4 Å². The second-order valence-corrected chi connectivity index (χ2v) is 5.57. The van der Waals surface area contributed by atoms with E-state index in [1.54, 1.807) is 17.3 Å². The van der Waals surface area contributed by atoms with Crippen LogP contribution in [0, 0.1) is 0 Å². The van der Waals surface area contributed by atoms with Crippen LogP contribution in [0.25, 0.3) is 6.08 Å². The number of aliphatic carboxylic acids is 1. The summed E-state index contributed by atoms with van der Waals surface area (Å²) in [4.78, 5) is 24.9. The zero-order valence-electron chi connectivity index (χ0n) is 10.5. The Labute approximate surface area is 123 Å². The van der Waals surface area contributed by atoms with Crippen molar-refractivity contribution in [2.45, 2.75) is 6.54 Å². The van der Waals surface area contributed by atoms with Crippen LogP contribution in [0.15, 0.2) is 22.9 Å². The summed E-state index contributed by atoms with van der Waals surface area (Å²) in [6.07, 6.45) is 2.61. The molecule has 8 heteroatoms. The molecule has 0 aromatic carbocycles. The molecule has 20 heavy (non-hydrogen) atoms. The Kier molecular flexibility index (Phi) is 4.59. The first-order valence-electron chi connectivity index (χ1n) is 5.57. The standard InChI is InChI=1S/C12H11N3O3S2/c1-15(12(18)10-7-20-14-13-10)5-9-4-8(6-19-9)2-3-11(16)17/h2-4,6-7H,5H2,1H3,(H,16,17). The van der Waals surface area contributed by atoms with Gasteiger partial charge >= 0.3 is 5.97 Å². The molecule has 0 saturated carbocycles. The smallest absolute Gasteiger partial charge is 0.328 e. The number of nitrogens with zero attached hydrogens (tertiary/aromatic N) is 3. The number of carboxylic acids is 1. The highest BCUT2D eigenvalue weighted by molar-refractivity contribution is 7.10. The van der Waals surface area contributed by atoms with Gasteiger partial charge in [0.2, 0.25) is 0 Å². The van der Waals surface area contributed by atoms with Crippen molar-refractivity contribution in [3.8, 4) is 0 Å². The Morgan fingerprint density at radius 2 is 2.25 bits per heavy atom. The van der Waals surface area contributed by atoms with Crippen LogP contribution in [0.3, 0.4) is 0 Å². The van der Waals surface area contributed by atoms with E-state index >= 15 is 0 Å². The van der Waals surface area contributed by atoms with Crippen molar-refractivity contribution in [2.24, 2.45) is 0 Å². The van der Waals surface area contributed by atoms with Crippen molar-refractivity contribution >= 4 is 40.8 Å². The highest BCUT2D eigenvalue weighted by Crippen LogP contribution is 2.18. The summed E-state index contributed by atoms with van der Waals surface area (Å²) in [6, 6.07) is 1.85. The average Bonchev–Trinajstić information content (AvgIpc) is 3.06. The molecule has 0 atom stereocenters. The van der Waals surface area contributed by atoms with E-state index in [2.05, 4.69) is 9.59 Å². The first-order chi connectivity index (χ1) is 9.56. The van der Waals surface area contributed by atoms with E-state index in [1.807, 2.05) is 11.4 Å². The van der Waals surface area contributed by atoms with Gasteiger partial charge in [-0.1, -0.05) is 4.49 Å². The Bertz CT molecular complexity index is 634. The number of carboxylic acid groups (broad SMARTS) is 1. The average molecular weight is 309 g/mol. The quantitative estimate of drug-likeness (QED) is 0.854. The molecule has 0 aliphatic carbocycles. The van der Waals surface area contributed by atoms with Crippen LogP contribution >= 0.6 is 22.9 Å². The number of carbonyl (C=O) groups excluding carboxylic acids is 1. The molecule has 0 bridgehead atoms. The van der Waals surface area contributed by atoms with E-state index in [-0.39, 0.29) is 5.91 Å². The molecule has 2 heterocycles. The molecule has 104 valence electrons. The van der Waals surface area contributed by atoms with Crippen LogP contribution in [0.4, 0.5) is 0 Å². The zero-order valence-corrected chi connectivity index (χ0v) is 12.1. The number of carbonyl (C=O) groups is 2. The predicted molar refractivity (Wildman–Crippen MR) is 76.7 cm³/mol.